The zero-order valence-corrected chi connectivity index (χ0v) is 7.83. The second-order valence-electron chi connectivity index (χ2n) is 2.81. The molecule has 1 aromatic carbocycles. The molecule has 1 atom stereocenters. The van der Waals surface area contributed by atoms with E-state index in [4.69, 9.17) is 17.3 Å². The van der Waals surface area contributed by atoms with E-state index in [0.717, 1.165) is 0 Å². The summed E-state index contributed by atoms with van der Waals surface area (Å²) in [6, 6.07) is -1.77. The first-order chi connectivity index (χ1) is 6.73. The van der Waals surface area contributed by atoms with E-state index in [1.54, 1.807) is 0 Å². The van der Waals surface area contributed by atoms with E-state index in [9.17, 15) is 22.0 Å². The summed E-state index contributed by atoms with van der Waals surface area (Å²) in [5.74, 6) is -2.43. The van der Waals surface area contributed by atoms with Crippen LogP contribution in [0.15, 0.2) is 12.1 Å². The van der Waals surface area contributed by atoms with Gasteiger partial charge in [0.1, 0.15) is 17.7 Å². The minimum absolute atomic E-state index is 0.343. The molecule has 1 rings (SSSR count). The zero-order chi connectivity index (χ0) is 11.8. The van der Waals surface area contributed by atoms with Crippen molar-refractivity contribution in [2.24, 2.45) is 5.73 Å². The fourth-order valence-electron chi connectivity index (χ4n) is 0.953. The molecule has 15 heavy (non-hydrogen) atoms. The highest BCUT2D eigenvalue weighted by molar-refractivity contribution is 6.30. The van der Waals surface area contributed by atoms with Crippen LogP contribution >= 0.6 is 11.6 Å². The average Bonchev–Trinajstić information content (AvgIpc) is 2.08. The third-order valence-corrected chi connectivity index (χ3v) is 2.02. The molecule has 1 aromatic rings. The van der Waals surface area contributed by atoms with Crippen LogP contribution < -0.4 is 5.73 Å². The summed E-state index contributed by atoms with van der Waals surface area (Å²) in [5, 5.41) is -0.592. The van der Waals surface area contributed by atoms with E-state index in [1.807, 2.05) is 0 Å². The van der Waals surface area contributed by atoms with Gasteiger partial charge in [-0.1, -0.05) is 11.6 Å². The number of rotatable bonds is 1. The van der Waals surface area contributed by atoms with E-state index in [2.05, 4.69) is 0 Å². The average molecular weight is 246 g/mol. The van der Waals surface area contributed by atoms with Gasteiger partial charge in [0.2, 0.25) is 0 Å². The predicted octanol–water partition coefficient (Wildman–Crippen LogP) is 3.18. The molecule has 84 valence electrons. The van der Waals surface area contributed by atoms with Gasteiger partial charge < -0.3 is 5.73 Å². The highest BCUT2D eigenvalue weighted by Gasteiger charge is 2.39. The summed E-state index contributed by atoms with van der Waals surface area (Å²) in [5.41, 5.74) is 3.75. The van der Waals surface area contributed by atoms with Crippen LogP contribution in [0.3, 0.4) is 0 Å². The molecule has 0 spiro atoms. The summed E-state index contributed by atoms with van der Waals surface area (Å²) in [7, 11) is 0. The largest absolute Gasteiger partial charge is 0.407 e. The van der Waals surface area contributed by atoms with E-state index in [0.29, 0.717) is 12.1 Å². The van der Waals surface area contributed by atoms with Crippen molar-refractivity contribution < 1.29 is 22.0 Å². The van der Waals surface area contributed by atoms with Crippen molar-refractivity contribution in [3.05, 3.63) is 34.4 Å². The smallest absolute Gasteiger partial charge is 0.316 e. The van der Waals surface area contributed by atoms with Crippen LogP contribution in [0, 0.1) is 11.6 Å². The van der Waals surface area contributed by atoms with Crippen molar-refractivity contribution >= 4 is 11.6 Å². The monoisotopic (exact) mass is 245 g/mol. The lowest BCUT2D eigenvalue weighted by molar-refractivity contribution is -0.149. The van der Waals surface area contributed by atoms with Crippen molar-refractivity contribution in [1.82, 2.24) is 0 Å². The molecule has 2 N–H and O–H groups in total. The molecule has 0 heterocycles. The Morgan fingerprint density at radius 3 is 2.13 bits per heavy atom. The van der Waals surface area contributed by atoms with Crippen LogP contribution in [0.5, 0.6) is 0 Å². The lowest BCUT2D eigenvalue weighted by Crippen LogP contribution is -2.29. The number of alkyl halides is 3. The second kappa shape index (κ2) is 3.94. The Bertz CT molecular complexity index is 376. The summed E-state index contributed by atoms with van der Waals surface area (Å²) >= 11 is 5.17. The molecule has 0 saturated heterocycles. The Balaban J connectivity index is 3.21. The molecule has 7 heteroatoms. The van der Waals surface area contributed by atoms with Crippen molar-refractivity contribution in [2.75, 3.05) is 0 Å². The minimum atomic E-state index is -4.83. The molecule has 0 radical (unpaired) electrons. The zero-order valence-electron chi connectivity index (χ0n) is 7.08. The summed E-state index contributed by atoms with van der Waals surface area (Å²) in [6.45, 7) is 0. The van der Waals surface area contributed by atoms with Crippen LogP contribution in [-0.2, 0) is 0 Å². The normalized spacial score (nSPS) is 14.1. The number of hydrogen-bond acceptors (Lipinski definition) is 1. The molecule has 0 amide bonds. The highest BCUT2D eigenvalue weighted by atomic mass is 35.5. The van der Waals surface area contributed by atoms with Gasteiger partial charge in [0.15, 0.2) is 0 Å². The molecule has 0 fully saturated rings. The van der Waals surface area contributed by atoms with Gasteiger partial charge in [0.05, 0.1) is 5.02 Å². The van der Waals surface area contributed by atoms with Crippen molar-refractivity contribution in [1.29, 1.82) is 0 Å². The van der Waals surface area contributed by atoms with Gasteiger partial charge in [-0.05, 0) is 12.1 Å². The van der Waals surface area contributed by atoms with E-state index < -0.39 is 34.4 Å². The molecule has 0 saturated carbocycles. The van der Waals surface area contributed by atoms with E-state index >= 15 is 0 Å². The fourth-order valence-corrected chi connectivity index (χ4v) is 1.10. The molecular formula is C8H5ClF5N. The number of hydrogen-bond donors (Lipinski definition) is 1. The van der Waals surface area contributed by atoms with Gasteiger partial charge in [0.25, 0.3) is 0 Å². The summed E-state index contributed by atoms with van der Waals surface area (Å²) < 4.78 is 62.1. The van der Waals surface area contributed by atoms with Gasteiger partial charge in [-0.2, -0.15) is 13.2 Å². The van der Waals surface area contributed by atoms with Gasteiger partial charge in [-0.15, -0.1) is 0 Å². The molecule has 1 unspecified atom stereocenters. The number of halogens is 6. The van der Waals surface area contributed by atoms with Gasteiger partial charge in [0, 0.05) is 5.56 Å². The number of benzene rings is 1. The topological polar surface area (TPSA) is 26.0 Å². The van der Waals surface area contributed by atoms with E-state index in [1.165, 1.54) is 0 Å². The second-order valence-corrected chi connectivity index (χ2v) is 3.21. The molecule has 0 aliphatic heterocycles. The quantitative estimate of drug-likeness (QED) is 0.597. The van der Waals surface area contributed by atoms with Crippen LogP contribution in [0.1, 0.15) is 11.6 Å². The molecule has 0 aliphatic carbocycles. The SMILES string of the molecule is NC(c1cc(F)c(Cl)cc1F)C(F)(F)F. The summed E-state index contributed by atoms with van der Waals surface area (Å²) in [4.78, 5) is 0. The maximum absolute atomic E-state index is 13.0. The van der Waals surface area contributed by atoms with Crippen LogP contribution in [0.2, 0.25) is 5.02 Å². The predicted molar refractivity (Wildman–Crippen MR) is 44.4 cm³/mol. The summed E-state index contributed by atoms with van der Waals surface area (Å²) in [6.07, 6.45) is -4.83. The standard InChI is InChI=1S/C8H5ClF5N/c9-4-2-5(10)3(1-6(4)11)7(15)8(12,13)14/h1-2,7H,15H2. The Kier molecular flexibility index (Phi) is 3.20. The highest BCUT2D eigenvalue weighted by Crippen LogP contribution is 2.33. The van der Waals surface area contributed by atoms with Crippen molar-refractivity contribution in [3.8, 4) is 0 Å². The van der Waals surface area contributed by atoms with Crippen LogP contribution in [0.25, 0.3) is 0 Å². The Labute approximate surface area is 86.6 Å². The molecule has 0 aromatic heterocycles. The minimum Gasteiger partial charge on any atom is -0.316 e. The first-order valence-corrected chi connectivity index (χ1v) is 4.08. The van der Waals surface area contributed by atoms with Gasteiger partial charge in [-0.3, -0.25) is 0 Å². The Morgan fingerprint density at radius 2 is 1.67 bits per heavy atom. The molecule has 0 bridgehead atoms. The molecular weight excluding hydrogens is 241 g/mol. The van der Waals surface area contributed by atoms with Crippen molar-refractivity contribution in [3.63, 3.8) is 0 Å². The maximum atomic E-state index is 13.0. The van der Waals surface area contributed by atoms with Gasteiger partial charge >= 0.3 is 6.18 Å². The van der Waals surface area contributed by atoms with E-state index in [-0.39, 0.29) is 0 Å². The van der Waals surface area contributed by atoms with Crippen LogP contribution in [0.4, 0.5) is 22.0 Å². The lowest BCUT2D eigenvalue weighted by atomic mass is 10.1. The maximum Gasteiger partial charge on any atom is 0.407 e. The Hall–Kier alpha value is -0.880. The first-order valence-electron chi connectivity index (χ1n) is 3.70. The lowest BCUT2D eigenvalue weighted by Gasteiger charge is -2.16. The van der Waals surface area contributed by atoms with Crippen LogP contribution in [-0.4, -0.2) is 6.18 Å². The van der Waals surface area contributed by atoms with Crippen molar-refractivity contribution in [2.45, 2.75) is 12.2 Å². The fraction of sp³-hybridized carbons (Fsp3) is 0.250. The third kappa shape index (κ3) is 2.57. The molecule has 0 aliphatic rings. The van der Waals surface area contributed by atoms with Gasteiger partial charge in [-0.25, -0.2) is 8.78 Å². The number of nitrogens with two attached hydrogens (primary N) is 1. The first kappa shape index (κ1) is 12.2. The molecule has 1 nitrogen and oxygen atoms in total. The third-order valence-electron chi connectivity index (χ3n) is 1.73. The Morgan fingerprint density at radius 1 is 1.13 bits per heavy atom.